The van der Waals surface area contributed by atoms with Crippen molar-refractivity contribution in [1.29, 1.82) is 0 Å². The van der Waals surface area contributed by atoms with Gasteiger partial charge in [0.25, 0.3) is 0 Å². The number of carbonyl (C=O) groups excluding carboxylic acids is 1. The number of carbonyl (C=O) groups is 1. The van der Waals surface area contributed by atoms with E-state index in [1.54, 1.807) is 24.3 Å². The topological polar surface area (TPSA) is 73.1 Å². The monoisotopic (exact) mass is 363 g/mol. The molecule has 138 valence electrons. The van der Waals surface area contributed by atoms with Crippen molar-refractivity contribution in [1.82, 2.24) is 9.13 Å². The molecule has 1 N–H and O–H groups in total. The van der Waals surface area contributed by atoms with Gasteiger partial charge in [-0.1, -0.05) is 35.9 Å². The summed E-state index contributed by atoms with van der Waals surface area (Å²) in [4.78, 5) is 37.2. The number of hydrogen-bond donors (Lipinski definition) is 1. The fraction of sp³-hybridized carbons (Fsp3) is 0.190. The second-order valence-electron chi connectivity index (χ2n) is 6.56. The van der Waals surface area contributed by atoms with Crippen LogP contribution in [0.15, 0.2) is 64.4 Å². The number of aryl methyl sites for hydroxylation is 3. The van der Waals surface area contributed by atoms with Gasteiger partial charge in [-0.3, -0.25) is 23.5 Å². The minimum atomic E-state index is -0.742. The lowest BCUT2D eigenvalue weighted by atomic mass is 10.1. The largest absolute Gasteiger partial charge is 0.324 e. The summed E-state index contributed by atoms with van der Waals surface area (Å²) < 4.78 is 2.39. The van der Waals surface area contributed by atoms with Crippen LogP contribution in [-0.2, 0) is 11.3 Å². The molecule has 6 heteroatoms. The van der Waals surface area contributed by atoms with Gasteiger partial charge in [-0.2, -0.15) is 0 Å². The lowest BCUT2D eigenvalue weighted by Crippen LogP contribution is -2.41. The van der Waals surface area contributed by atoms with Gasteiger partial charge in [0.1, 0.15) is 6.54 Å². The maximum atomic E-state index is 12.4. The van der Waals surface area contributed by atoms with E-state index >= 15 is 0 Å². The Morgan fingerprint density at radius 3 is 2.19 bits per heavy atom. The van der Waals surface area contributed by atoms with Crippen molar-refractivity contribution in [3.05, 3.63) is 92.3 Å². The molecule has 1 amide bonds. The summed E-state index contributed by atoms with van der Waals surface area (Å²) in [5.74, 6) is -0.357. The first-order valence-corrected chi connectivity index (χ1v) is 8.62. The highest BCUT2D eigenvalue weighted by molar-refractivity contribution is 5.92. The van der Waals surface area contributed by atoms with Crippen LogP contribution in [0.4, 0.5) is 5.69 Å². The molecule has 0 atom stereocenters. The van der Waals surface area contributed by atoms with Crippen molar-refractivity contribution < 1.29 is 4.79 Å². The highest BCUT2D eigenvalue weighted by Crippen LogP contribution is 2.21. The van der Waals surface area contributed by atoms with Crippen LogP contribution in [-0.4, -0.2) is 15.0 Å². The molecular formula is C21H21N3O3. The summed E-state index contributed by atoms with van der Waals surface area (Å²) >= 11 is 0. The molecule has 0 radical (unpaired) electrons. The van der Waals surface area contributed by atoms with E-state index in [0.29, 0.717) is 5.69 Å². The SMILES string of the molecule is Cc1cc(C)c(NC(=O)Cn2ccn(-c3ccccc3)c(=O)c2=O)c(C)c1. The summed E-state index contributed by atoms with van der Waals surface area (Å²) in [6.45, 7) is 5.61. The number of nitrogens with zero attached hydrogens (tertiary/aromatic N) is 2. The fourth-order valence-electron chi connectivity index (χ4n) is 3.14. The van der Waals surface area contributed by atoms with Gasteiger partial charge in [0.15, 0.2) is 0 Å². The molecule has 1 heterocycles. The van der Waals surface area contributed by atoms with E-state index in [0.717, 1.165) is 26.9 Å². The van der Waals surface area contributed by atoms with Crippen LogP contribution in [0.3, 0.4) is 0 Å². The number of nitrogens with one attached hydrogen (secondary N) is 1. The minimum absolute atomic E-state index is 0.226. The summed E-state index contributed by atoms with van der Waals surface area (Å²) in [5, 5.41) is 2.84. The van der Waals surface area contributed by atoms with Gasteiger partial charge in [0.2, 0.25) is 5.91 Å². The molecule has 0 fully saturated rings. The van der Waals surface area contributed by atoms with E-state index in [-0.39, 0.29) is 12.5 Å². The third-order valence-electron chi connectivity index (χ3n) is 4.35. The zero-order valence-electron chi connectivity index (χ0n) is 15.5. The van der Waals surface area contributed by atoms with Gasteiger partial charge >= 0.3 is 11.1 Å². The molecular weight excluding hydrogens is 342 g/mol. The lowest BCUT2D eigenvalue weighted by molar-refractivity contribution is -0.116. The fourth-order valence-corrected chi connectivity index (χ4v) is 3.14. The molecule has 0 aliphatic heterocycles. The quantitative estimate of drug-likeness (QED) is 0.724. The first kappa shape index (κ1) is 18.4. The second-order valence-corrected chi connectivity index (χ2v) is 6.56. The Labute approximate surface area is 156 Å². The van der Waals surface area contributed by atoms with Crippen LogP contribution in [0.25, 0.3) is 5.69 Å². The third-order valence-corrected chi connectivity index (χ3v) is 4.35. The molecule has 3 aromatic rings. The average Bonchev–Trinajstić information content (AvgIpc) is 2.63. The molecule has 27 heavy (non-hydrogen) atoms. The number of amides is 1. The van der Waals surface area contributed by atoms with Crippen LogP contribution >= 0.6 is 0 Å². The zero-order chi connectivity index (χ0) is 19.6. The van der Waals surface area contributed by atoms with Gasteiger partial charge in [-0.25, -0.2) is 0 Å². The molecule has 0 saturated carbocycles. The average molecular weight is 363 g/mol. The van der Waals surface area contributed by atoms with E-state index < -0.39 is 11.1 Å². The Kier molecular flexibility index (Phi) is 5.07. The van der Waals surface area contributed by atoms with E-state index in [9.17, 15) is 14.4 Å². The molecule has 1 aromatic heterocycles. The van der Waals surface area contributed by atoms with Crippen LogP contribution in [0.1, 0.15) is 16.7 Å². The molecule has 6 nitrogen and oxygen atoms in total. The maximum absolute atomic E-state index is 12.4. The number of anilines is 1. The highest BCUT2D eigenvalue weighted by atomic mass is 16.2. The highest BCUT2D eigenvalue weighted by Gasteiger charge is 2.12. The molecule has 0 unspecified atom stereocenters. The number of aromatic nitrogens is 2. The van der Waals surface area contributed by atoms with Crippen LogP contribution in [0, 0.1) is 20.8 Å². The summed E-state index contributed by atoms with van der Waals surface area (Å²) in [7, 11) is 0. The Bertz CT molecular complexity index is 1090. The summed E-state index contributed by atoms with van der Waals surface area (Å²) in [6, 6.07) is 12.8. The zero-order valence-corrected chi connectivity index (χ0v) is 15.5. The van der Waals surface area contributed by atoms with Crippen molar-refractivity contribution >= 4 is 11.6 Å². The first-order chi connectivity index (χ1) is 12.9. The van der Waals surface area contributed by atoms with Gasteiger partial charge in [-0.15, -0.1) is 0 Å². The number of hydrogen-bond acceptors (Lipinski definition) is 3. The molecule has 0 aliphatic rings. The Balaban J connectivity index is 1.85. The molecule has 3 rings (SSSR count). The minimum Gasteiger partial charge on any atom is -0.324 e. The molecule has 0 bridgehead atoms. The van der Waals surface area contributed by atoms with Gasteiger partial charge in [0, 0.05) is 23.8 Å². The van der Waals surface area contributed by atoms with Crippen molar-refractivity contribution in [3.8, 4) is 5.69 Å². The van der Waals surface area contributed by atoms with Crippen molar-refractivity contribution in [2.24, 2.45) is 0 Å². The number of rotatable bonds is 4. The lowest BCUT2D eigenvalue weighted by Gasteiger charge is -2.14. The Morgan fingerprint density at radius 1 is 0.926 bits per heavy atom. The summed E-state index contributed by atoms with van der Waals surface area (Å²) in [5.41, 5.74) is 2.91. The number of benzene rings is 2. The van der Waals surface area contributed by atoms with Crippen molar-refractivity contribution in [2.75, 3.05) is 5.32 Å². The van der Waals surface area contributed by atoms with Gasteiger partial charge in [0.05, 0.1) is 0 Å². The number of para-hydroxylation sites is 1. The molecule has 2 aromatic carbocycles. The second kappa shape index (κ2) is 7.45. The van der Waals surface area contributed by atoms with Crippen LogP contribution in [0.2, 0.25) is 0 Å². The molecule has 0 saturated heterocycles. The van der Waals surface area contributed by atoms with E-state index in [4.69, 9.17) is 0 Å². The van der Waals surface area contributed by atoms with E-state index in [2.05, 4.69) is 5.32 Å². The predicted octanol–water partition coefficient (Wildman–Crippen LogP) is 2.56. The van der Waals surface area contributed by atoms with Gasteiger partial charge in [-0.05, 0) is 44.0 Å². The normalized spacial score (nSPS) is 10.6. The maximum Gasteiger partial charge on any atom is 0.320 e. The summed E-state index contributed by atoms with van der Waals surface area (Å²) in [6.07, 6.45) is 2.94. The predicted molar refractivity (Wildman–Crippen MR) is 106 cm³/mol. The molecule has 0 aliphatic carbocycles. The third kappa shape index (κ3) is 3.89. The molecule has 0 spiro atoms. The van der Waals surface area contributed by atoms with E-state index in [1.165, 1.54) is 17.0 Å². The van der Waals surface area contributed by atoms with Gasteiger partial charge < -0.3 is 5.32 Å². The van der Waals surface area contributed by atoms with Crippen molar-refractivity contribution in [2.45, 2.75) is 27.3 Å². The van der Waals surface area contributed by atoms with Crippen molar-refractivity contribution in [3.63, 3.8) is 0 Å². The van der Waals surface area contributed by atoms with Crippen LogP contribution in [0.5, 0.6) is 0 Å². The first-order valence-electron chi connectivity index (χ1n) is 8.62. The Morgan fingerprint density at radius 2 is 1.56 bits per heavy atom. The standard InChI is InChI=1S/C21H21N3O3/c1-14-11-15(2)19(16(3)12-14)22-18(25)13-23-9-10-24(21(27)20(23)26)17-7-5-4-6-8-17/h4-12H,13H2,1-3H3,(H,22,25). The van der Waals surface area contributed by atoms with Crippen LogP contribution < -0.4 is 16.4 Å². The smallest absolute Gasteiger partial charge is 0.320 e. The van der Waals surface area contributed by atoms with E-state index in [1.807, 2.05) is 39.0 Å². The Hall–Kier alpha value is -3.41.